The van der Waals surface area contributed by atoms with Crippen LogP contribution in [0, 0.1) is 6.92 Å². The number of hydrogen-bond acceptors (Lipinski definition) is 7. The predicted molar refractivity (Wildman–Crippen MR) is 87.0 cm³/mol. The molecule has 0 bridgehead atoms. The Bertz CT molecular complexity index is 788. The Labute approximate surface area is 139 Å². The summed E-state index contributed by atoms with van der Waals surface area (Å²) in [5.41, 5.74) is 7.28. The molecule has 2 aromatic heterocycles. The fraction of sp³-hybridized carbons (Fsp3) is 0.235. The van der Waals surface area contributed by atoms with Crippen LogP contribution in [-0.4, -0.2) is 21.6 Å². The Balaban J connectivity index is 1.91. The second-order valence-electron chi connectivity index (χ2n) is 5.10. The van der Waals surface area contributed by atoms with E-state index in [1.54, 1.807) is 18.4 Å². The lowest BCUT2D eigenvalue weighted by Gasteiger charge is -2.11. The molecule has 24 heavy (non-hydrogen) atoms. The lowest BCUT2D eigenvalue weighted by molar-refractivity contribution is 0.299. The van der Waals surface area contributed by atoms with Gasteiger partial charge in [0.15, 0.2) is 5.82 Å². The zero-order valence-electron chi connectivity index (χ0n) is 13.5. The molecular formula is C17H18N4O3. The second kappa shape index (κ2) is 7.10. The zero-order valence-corrected chi connectivity index (χ0v) is 13.5. The number of rotatable bonds is 6. The number of aryl methyl sites for hydroxylation is 1. The third kappa shape index (κ3) is 3.69. The average Bonchev–Trinajstić information content (AvgIpc) is 3.11. The Hall–Kier alpha value is -2.93. The van der Waals surface area contributed by atoms with Crippen molar-refractivity contribution < 1.29 is 13.9 Å². The fourth-order valence-corrected chi connectivity index (χ4v) is 2.04. The third-order valence-electron chi connectivity index (χ3n) is 3.24. The van der Waals surface area contributed by atoms with Gasteiger partial charge in [-0.1, -0.05) is 17.7 Å². The van der Waals surface area contributed by atoms with Crippen molar-refractivity contribution in [1.29, 1.82) is 0 Å². The number of nitrogens with zero attached hydrogens (tertiary/aromatic N) is 3. The van der Waals surface area contributed by atoms with Crippen molar-refractivity contribution in [3.63, 3.8) is 0 Å². The van der Waals surface area contributed by atoms with E-state index in [2.05, 4.69) is 15.0 Å². The largest absolute Gasteiger partial charge is 0.467 e. The van der Waals surface area contributed by atoms with Crippen LogP contribution in [0.1, 0.15) is 30.1 Å². The highest BCUT2D eigenvalue weighted by Gasteiger charge is 2.19. The molecule has 2 N–H and O–H groups in total. The second-order valence-corrected chi connectivity index (χ2v) is 5.10. The lowest BCUT2D eigenvalue weighted by Crippen LogP contribution is -2.16. The fourth-order valence-electron chi connectivity index (χ4n) is 2.04. The van der Waals surface area contributed by atoms with E-state index < -0.39 is 6.04 Å². The molecule has 2 heterocycles. The van der Waals surface area contributed by atoms with Gasteiger partial charge in [-0.05, 0) is 38.1 Å². The van der Waals surface area contributed by atoms with E-state index in [9.17, 15) is 0 Å². The first kappa shape index (κ1) is 15.9. The van der Waals surface area contributed by atoms with Crippen LogP contribution in [0.2, 0.25) is 0 Å². The van der Waals surface area contributed by atoms with Gasteiger partial charge in [-0.25, -0.2) is 0 Å². The number of nitrogens with two attached hydrogens (primary N) is 1. The summed E-state index contributed by atoms with van der Waals surface area (Å²) in [6.45, 7) is 4.26. The summed E-state index contributed by atoms with van der Waals surface area (Å²) >= 11 is 0. The van der Waals surface area contributed by atoms with Gasteiger partial charge in [0.2, 0.25) is 0 Å². The van der Waals surface area contributed by atoms with E-state index in [-0.39, 0.29) is 12.0 Å². The Morgan fingerprint density at radius 2 is 1.83 bits per heavy atom. The average molecular weight is 326 g/mol. The van der Waals surface area contributed by atoms with Crippen LogP contribution in [-0.2, 0) is 0 Å². The van der Waals surface area contributed by atoms with Crippen molar-refractivity contribution in [3.8, 4) is 17.8 Å². The van der Waals surface area contributed by atoms with Crippen molar-refractivity contribution in [3.05, 3.63) is 59.8 Å². The van der Waals surface area contributed by atoms with Crippen LogP contribution in [0.25, 0.3) is 0 Å². The van der Waals surface area contributed by atoms with Crippen molar-refractivity contribution >= 4 is 0 Å². The highest BCUT2D eigenvalue weighted by atomic mass is 16.5. The molecule has 124 valence electrons. The summed E-state index contributed by atoms with van der Waals surface area (Å²) < 4.78 is 16.4. The summed E-state index contributed by atoms with van der Waals surface area (Å²) in [6, 6.07) is 10.7. The predicted octanol–water partition coefficient (Wildman–Crippen LogP) is 3.01. The number of hydrogen-bond donors (Lipinski definition) is 1. The summed E-state index contributed by atoms with van der Waals surface area (Å²) in [6.07, 6.45) is 1.55. The van der Waals surface area contributed by atoms with Crippen LogP contribution in [0.4, 0.5) is 0 Å². The summed E-state index contributed by atoms with van der Waals surface area (Å²) in [7, 11) is 0. The van der Waals surface area contributed by atoms with Crippen LogP contribution < -0.4 is 15.2 Å². The number of aromatic nitrogens is 3. The molecule has 1 unspecified atom stereocenters. The van der Waals surface area contributed by atoms with Crippen LogP contribution in [0.5, 0.6) is 17.8 Å². The van der Waals surface area contributed by atoms with E-state index in [1.165, 1.54) is 0 Å². The highest BCUT2D eigenvalue weighted by molar-refractivity contribution is 5.29. The Morgan fingerprint density at radius 1 is 1.08 bits per heavy atom. The molecule has 3 rings (SSSR count). The van der Waals surface area contributed by atoms with E-state index in [0.717, 1.165) is 5.56 Å². The minimum absolute atomic E-state index is 0.120. The van der Waals surface area contributed by atoms with Gasteiger partial charge in [-0.2, -0.15) is 9.97 Å². The summed E-state index contributed by atoms with van der Waals surface area (Å²) in [5, 5.41) is 0. The number of furan rings is 1. The van der Waals surface area contributed by atoms with Gasteiger partial charge in [0.25, 0.3) is 0 Å². The molecule has 0 aliphatic heterocycles. The lowest BCUT2D eigenvalue weighted by atomic mass is 10.2. The molecule has 0 aliphatic carbocycles. The third-order valence-corrected chi connectivity index (χ3v) is 3.24. The molecule has 0 spiro atoms. The maximum absolute atomic E-state index is 6.15. The standard InChI is InChI=1S/C17H18N4O3/c1-3-22-16-19-15(14(18)13-5-4-10-23-13)20-17(21-16)24-12-8-6-11(2)7-9-12/h4-10,14H,3,18H2,1-2H3. The molecule has 0 saturated carbocycles. The van der Waals surface area contributed by atoms with Crippen molar-refractivity contribution in [2.24, 2.45) is 5.73 Å². The van der Waals surface area contributed by atoms with E-state index in [4.69, 9.17) is 19.6 Å². The molecule has 0 saturated heterocycles. The SMILES string of the molecule is CCOc1nc(Oc2ccc(C)cc2)nc(C(N)c2ccco2)n1. The molecule has 0 fully saturated rings. The first-order chi connectivity index (χ1) is 11.7. The van der Waals surface area contributed by atoms with Gasteiger partial charge in [0.1, 0.15) is 17.6 Å². The van der Waals surface area contributed by atoms with E-state index >= 15 is 0 Å². The quantitative estimate of drug-likeness (QED) is 0.743. The van der Waals surface area contributed by atoms with Gasteiger partial charge in [0, 0.05) is 0 Å². The van der Waals surface area contributed by atoms with E-state index in [0.29, 0.717) is 23.9 Å². The Kier molecular flexibility index (Phi) is 4.72. The van der Waals surface area contributed by atoms with Gasteiger partial charge in [-0.3, -0.25) is 0 Å². The van der Waals surface area contributed by atoms with Crippen LogP contribution in [0.3, 0.4) is 0 Å². The van der Waals surface area contributed by atoms with Gasteiger partial charge in [0.05, 0.1) is 12.9 Å². The highest BCUT2D eigenvalue weighted by Crippen LogP contribution is 2.23. The molecule has 1 atom stereocenters. The molecule has 1 aromatic carbocycles. The smallest absolute Gasteiger partial charge is 0.328 e. The van der Waals surface area contributed by atoms with Crippen molar-refractivity contribution in [2.75, 3.05) is 6.61 Å². The van der Waals surface area contributed by atoms with Crippen molar-refractivity contribution in [2.45, 2.75) is 19.9 Å². The molecule has 0 amide bonds. The van der Waals surface area contributed by atoms with Gasteiger partial charge >= 0.3 is 12.0 Å². The summed E-state index contributed by atoms with van der Waals surface area (Å²) in [4.78, 5) is 12.7. The zero-order chi connectivity index (χ0) is 16.9. The molecule has 0 aliphatic rings. The normalized spacial score (nSPS) is 12.0. The topological polar surface area (TPSA) is 96.3 Å². The molecular weight excluding hydrogens is 308 g/mol. The molecule has 0 radical (unpaired) electrons. The first-order valence-corrected chi connectivity index (χ1v) is 7.58. The van der Waals surface area contributed by atoms with E-state index in [1.807, 2.05) is 38.1 Å². The maximum atomic E-state index is 6.15. The number of benzene rings is 1. The first-order valence-electron chi connectivity index (χ1n) is 7.58. The molecule has 3 aromatic rings. The minimum Gasteiger partial charge on any atom is -0.467 e. The van der Waals surface area contributed by atoms with Gasteiger partial charge < -0.3 is 19.6 Å². The van der Waals surface area contributed by atoms with Crippen molar-refractivity contribution in [1.82, 2.24) is 15.0 Å². The number of ether oxygens (including phenoxy) is 2. The monoisotopic (exact) mass is 326 g/mol. The maximum Gasteiger partial charge on any atom is 0.328 e. The van der Waals surface area contributed by atoms with Crippen LogP contribution >= 0.6 is 0 Å². The molecule has 7 nitrogen and oxygen atoms in total. The summed E-state index contributed by atoms with van der Waals surface area (Å²) in [5.74, 6) is 1.47. The molecule has 7 heteroatoms. The van der Waals surface area contributed by atoms with Crippen LogP contribution in [0.15, 0.2) is 47.1 Å². The van der Waals surface area contributed by atoms with Gasteiger partial charge in [-0.15, -0.1) is 4.98 Å². The Morgan fingerprint density at radius 3 is 2.50 bits per heavy atom. The minimum atomic E-state index is -0.637.